The number of rotatable bonds is 4. The third kappa shape index (κ3) is 5.03. The Kier molecular flexibility index (Phi) is 6.92. The molecule has 1 saturated heterocycles. The predicted octanol–water partition coefficient (Wildman–Crippen LogP) is 3.05. The second kappa shape index (κ2) is 6.83. The zero-order chi connectivity index (χ0) is 11.5. The number of likely N-dealkylation sites (tertiary alicyclic amines) is 1. The molecule has 0 aliphatic carbocycles. The van der Waals surface area contributed by atoms with Crippen LogP contribution in [0.15, 0.2) is 0 Å². The van der Waals surface area contributed by atoms with E-state index in [1.54, 1.807) is 0 Å². The van der Waals surface area contributed by atoms with Gasteiger partial charge in [0.2, 0.25) is 0 Å². The molecule has 0 saturated carbocycles. The predicted molar refractivity (Wildman–Crippen MR) is 74.2 cm³/mol. The highest BCUT2D eigenvalue weighted by atomic mass is 35.5. The van der Waals surface area contributed by atoms with Gasteiger partial charge in [-0.1, -0.05) is 20.3 Å². The maximum atomic E-state index is 6.13. The Morgan fingerprint density at radius 1 is 1.38 bits per heavy atom. The average molecular weight is 249 g/mol. The largest absolute Gasteiger partial charge is 0.324 e. The summed E-state index contributed by atoms with van der Waals surface area (Å²) in [6, 6.07) is 0.770. The van der Waals surface area contributed by atoms with Crippen LogP contribution in [-0.4, -0.2) is 29.6 Å². The number of nitrogens with two attached hydrogens (primary N) is 1. The maximum absolute atomic E-state index is 6.13. The molecule has 0 spiro atoms. The highest BCUT2D eigenvalue weighted by Crippen LogP contribution is 2.27. The Bertz CT molecular complexity index is 189. The molecule has 1 heterocycles. The van der Waals surface area contributed by atoms with Gasteiger partial charge in [-0.25, -0.2) is 0 Å². The summed E-state index contributed by atoms with van der Waals surface area (Å²) in [6.07, 6.45) is 5.36. The van der Waals surface area contributed by atoms with Gasteiger partial charge in [-0.2, -0.15) is 0 Å². The fourth-order valence-electron chi connectivity index (χ4n) is 2.82. The van der Waals surface area contributed by atoms with Gasteiger partial charge in [0.15, 0.2) is 0 Å². The van der Waals surface area contributed by atoms with Crippen molar-refractivity contribution in [1.29, 1.82) is 0 Å². The van der Waals surface area contributed by atoms with Crippen LogP contribution in [-0.2, 0) is 0 Å². The minimum Gasteiger partial charge on any atom is -0.324 e. The van der Waals surface area contributed by atoms with E-state index < -0.39 is 0 Å². The molecule has 16 heavy (non-hydrogen) atoms. The monoisotopic (exact) mass is 248 g/mol. The van der Waals surface area contributed by atoms with Gasteiger partial charge in [0.25, 0.3) is 0 Å². The lowest BCUT2D eigenvalue weighted by molar-refractivity contribution is 0.0758. The Morgan fingerprint density at radius 2 is 2.00 bits per heavy atom. The number of hydrogen-bond donors (Lipinski definition) is 1. The quantitative estimate of drug-likeness (QED) is 0.829. The highest BCUT2D eigenvalue weighted by molar-refractivity contribution is 5.85. The number of hydrogen-bond acceptors (Lipinski definition) is 2. The van der Waals surface area contributed by atoms with Crippen LogP contribution in [0.3, 0.4) is 0 Å². The van der Waals surface area contributed by atoms with E-state index in [0.29, 0.717) is 0 Å². The number of halogens is 1. The summed E-state index contributed by atoms with van der Waals surface area (Å²) in [4.78, 5) is 2.62. The van der Waals surface area contributed by atoms with Gasteiger partial charge in [0.05, 0.1) is 0 Å². The molecule has 3 heteroatoms. The molecule has 2 atom stereocenters. The minimum atomic E-state index is -0.0525. The van der Waals surface area contributed by atoms with Gasteiger partial charge >= 0.3 is 0 Å². The molecule has 98 valence electrons. The average Bonchev–Trinajstić information content (AvgIpc) is 2.08. The molecule has 0 aromatic heterocycles. The number of piperidine rings is 1. The molecule has 1 aliphatic heterocycles. The topological polar surface area (TPSA) is 29.3 Å². The van der Waals surface area contributed by atoms with Crippen molar-refractivity contribution in [2.45, 2.75) is 65.0 Å². The van der Waals surface area contributed by atoms with Crippen molar-refractivity contribution in [3.05, 3.63) is 0 Å². The van der Waals surface area contributed by atoms with E-state index in [9.17, 15) is 0 Å². The standard InChI is InChI=1S/C13H28N2.ClH/c1-5-7-12-11(2)8-6-9-15(12)10-13(3,4)14;/h11-12H,5-10,14H2,1-4H3;1H. The Labute approximate surface area is 107 Å². The van der Waals surface area contributed by atoms with Crippen molar-refractivity contribution >= 4 is 12.4 Å². The molecule has 0 bridgehead atoms. The van der Waals surface area contributed by atoms with Crippen molar-refractivity contribution in [1.82, 2.24) is 4.90 Å². The van der Waals surface area contributed by atoms with Crippen LogP contribution in [0, 0.1) is 5.92 Å². The summed E-state index contributed by atoms with van der Waals surface area (Å²) >= 11 is 0. The molecule has 0 aromatic carbocycles. The summed E-state index contributed by atoms with van der Waals surface area (Å²) in [5, 5.41) is 0. The second-order valence-electron chi connectivity index (χ2n) is 5.93. The van der Waals surface area contributed by atoms with Crippen LogP contribution in [0.25, 0.3) is 0 Å². The second-order valence-corrected chi connectivity index (χ2v) is 5.93. The van der Waals surface area contributed by atoms with Gasteiger partial charge in [0, 0.05) is 18.1 Å². The zero-order valence-electron chi connectivity index (χ0n) is 11.3. The van der Waals surface area contributed by atoms with Crippen molar-refractivity contribution in [3.63, 3.8) is 0 Å². The molecule has 2 unspecified atom stereocenters. The number of nitrogens with zero attached hydrogens (tertiary/aromatic N) is 1. The van der Waals surface area contributed by atoms with Crippen molar-refractivity contribution in [2.75, 3.05) is 13.1 Å². The normalized spacial score (nSPS) is 27.6. The van der Waals surface area contributed by atoms with Gasteiger partial charge in [-0.3, -0.25) is 4.90 Å². The lowest BCUT2D eigenvalue weighted by Crippen LogP contribution is -2.53. The molecule has 1 fully saturated rings. The van der Waals surface area contributed by atoms with Gasteiger partial charge in [-0.15, -0.1) is 12.4 Å². The fourth-order valence-corrected chi connectivity index (χ4v) is 2.82. The highest BCUT2D eigenvalue weighted by Gasteiger charge is 2.30. The van der Waals surface area contributed by atoms with Crippen molar-refractivity contribution in [3.8, 4) is 0 Å². The molecular formula is C13H29ClN2. The molecule has 2 N–H and O–H groups in total. The summed E-state index contributed by atoms with van der Waals surface area (Å²) in [5.41, 5.74) is 6.08. The first-order valence-corrected chi connectivity index (χ1v) is 6.47. The van der Waals surface area contributed by atoms with Gasteiger partial charge in [-0.05, 0) is 45.6 Å². The molecule has 0 amide bonds. The first-order valence-electron chi connectivity index (χ1n) is 6.47. The Morgan fingerprint density at radius 3 is 2.50 bits per heavy atom. The molecular weight excluding hydrogens is 220 g/mol. The third-order valence-corrected chi connectivity index (χ3v) is 3.43. The van der Waals surface area contributed by atoms with Crippen LogP contribution >= 0.6 is 12.4 Å². The van der Waals surface area contributed by atoms with Crippen LogP contribution < -0.4 is 5.73 Å². The van der Waals surface area contributed by atoms with Crippen molar-refractivity contribution < 1.29 is 0 Å². The molecule has 2 nitrogen and oxygen atoms in total. The maximum Gasteiger partial charge on any atom is 0.0226 e. The van der Waals surface area contributed by atoms with E-state index in [4.69, 9.17) is 5.73 Å². The lowest BCUT2D eigenvalue weighted by atomic mass is 9.87. The van der Waals surface area contributed by atoms with E-state index >= 15 is 0 Å². The SMILES string of the molecule is CCCC1C(C)CCCN1CC(C)(C)N.Cl. The lowest BCUT2D eigenvalue weighted by Gasteiger charge is -2.43. The van der Waals surface area contributed by atoms with E-state index in [0.717, 1.165) is 18.5 Å². The minimum absolute atomic E-state index is 0. The Hall–Kier alpha value is 0.210. The summed E-state index contributed by atoms with van der Waals surface area (Å²) < 4.78 is 0. The van der Waals surface area contributed by atoms with Gasteiger partial charge < -0.3 is 5.73 Å². The Balaban J connectivity index is 0.00000225. The van der Waals surface area contributed by atoms with E-state index in [1.165, 1.54) is 32.2 Å². The molecule has 1 rings (SSSR count). The third-order valence-electron chi connectivity index (χ3n) is 3.43. The summed E-state index contributed by atoms with van der Waals surface area (Å²) in [5.74, 6) is 0.848. The van der Waals surface area contributed by atoms with Crippen LogP contribution in [0.1, 0.15) is 53.4 Å². The van der Waals surface area contributed by atoms with Crippen molar-refractivity contribution in [2.24, 2.45) is 11.7 Å². The van der Waals surface area contributed by atoms with E-state index in [-0.39, 0.29) is 17.9 Å². The smallest absolute Gasteiger partial charge is 0.0226 e. The fraction of sp³-hybridized carbons (Fsp3) is 1.00. The summed E-state index contributed by atoms with van der Waals surface area (Å²) in [7, 11) is 0. The molecule has 0 aromatic rings. The van der Waals surface area contributed by atoms with E-state index in [1.807, 2.05) is 0 Å². The van der Waals surface area contributed by atoms with Gasteiger partial charge in [0.1, 0.15) is 0 Å². The summed E-state index contributed by atoms with van der Waals surface area (Å²) in [6.45, 7) is 11.2. The molecule has 1 aliphatic rings. The van der Waals surface area contributed by atoms with Crippen LogP contribution in [0.5, 0.6) is 0 Å². The first-order chi connectivity index (χ1) is 6.94. The van der Waals surface area contributed by atoms with E-state index in [2.05, 4.69) is 32.6 Å². The zero-order valence-corrected chi connectivity index (χ0v) is 12.1. The molecule has 0 radical (unpaired) electrons. The first kappa shape index (κ1) is 16.2. The van der Waals surface area contributed by atoms with Crippen LogP contribution in [0.4, 0.5) is 0 Å². The van der Waals surface area contributed by atoms with Crippen LogP contribution in [0.2, 0.25) is 0 Å².